The molecule has 0 N–H and O–H groups in total. The van der Waals surface area contributed by atoms with Crippen LogP contribution in [0.5, 0.6) is 0 Å². The van der Waals surface area contributed by atoms with Gasteiger partial charge < -0.3 is 9.32 Å². The maximum atomic E-state index is 5.97. The molecule has 124 valence electrons. The maximum absolute atomic E-state index is 5.97. The summed E-state index contributed by atoms with van der Waals surface area (Å²) in [4.78, 5) is 4.94. The average Bonchev–Trinajstić information content (AvgIpc) is 3.04. The van der Waals surface area contributed by atoms with Gasteiger partial charge in [0.05, 0.1) is 0 Å². The summed E-state index contributed by atoms with van der Waals surface area (Å²) in [7, 11) is 0. The van der Waals surface area contributed by atoms with E-state index >= 15 is 0 Å². The molecule has 0 bridgehead atoms. The van der Waals surface area contributed by atoms with Gasteiger partial charge in [0.1, 0.15) is 11.3 Å². The molecule has 4 heteroatoms. The van der Waals surface area contributed by atoms with Crippen LogP contribution in [0, 0.1) is 0 Å². The number of nitrogens with zero attached hydrogens (tertiary/aromatic N) is 2. The van der Waals surface area contributed by atoms with Gasteiger partial charge in [-0.15, -0.1) is 0 Å². The summed E-state index contributed by atoms with van der Waals surface area (Å²) in [6.45, 7) is 5.34. The van der Waals surface area contributed by atoms with Gasteiger partial charge in [-0.1, -0.05) is 29.8 Å². The van der Waals surface area contributed by atoms with Gasteiger partial charge in [-0.25, -0.2) is 0 Å². The zero-order valence-electron chi connectivity index (χ0n) is 13.6. The molecule has 0 atom stereocenters. The first-order valence-electron chi connectivity index (χ1n) is 8.48. The average molecular weight is 341 g/mol. The molecule has 1 aliphatic rings. The van der Waals surface area contributed by atoms with E-state index in [1.807, 2.05) is 24.3 Å². The van der Waals surface area contributed by atoms with Crippen LogP contribution in [0.15, 0.2) is 59.0 Å². The van der Waals surface area contributed by atoms with Crippen LogP contribution < -0.4 is 4.90 Å². The normalized spacial score (nSPS) is 16.0. The van der Waals surface area contributed by atoms with Crippen LogP contribution in [0.1, 0.15) is 5.76 Å². The molecule has 3 nitrogen and oxygen atoms in total. The lowest BCUT2D eigenvalue weighted by Gasteiger charge is -2.36. The molecule has 3 aromatic rings. The van der Waals surface area contributed by atoms with Crippen LogP contribution in [0.2, 0.25) is 5.02 Å². The minimum absolute atomic E-state index is 0.795. The van der Waals surface area contributed by atoms with Crippen molar-refractivity contribution in [3.63, 3.8) is 0 Å². The molecule has 4 rings (SSSR count). The van der Waals surface area contributed by atoms with E-state index < -0.39 is 0 Å². The van der Waals surface area contributed by atoms with Crippen molar-refractivity contribution in [2.24, 2.45) is 0 Å². The molecule has 0 spiro atoms. The van der Waals surface area contributed by atoms with Crippen molar-refractivity contribution in [3.8, 4) is 0 Å². The van der Waals surface area contributed by atoms with E-state index in [0.717, 1.165) is 55.5 Å². The van der Waals surface area contributed by atoms with Crippen LogP contribution in [0.4, 0.5) is 5.69 Å². The SMILES string of the molecule is Clc1ccc(N2CCN(CCc3cc4ccccc4o3)CC2)cc1. The number of rotatable bonds is 4. The molecular formula is C20H21ClN2O. The van der Waals surface area contributed by atoms with Crippen molar-refractivity contribution in [1.29, 1.82) is 0 Å². The number of hydrogen-bond donors (Lipinski definition) is 0. The first kappa shape index (κ1) is 15.6. The summed E-state index contributed by atoms with van der Waals surface area (Å²) in [5.41, 5.74) is 2.25. The highest BCUT2D eigenvalue weighted by Gasteiger charge is 2.17. The van der Waals surface area contributed by atoms with Gasteiger partial charge in [-0.05, 0) is 36.4 Å². The Morgan fingerprint density at radius 3 is 2.42 bits per heavy atom. The first-order valence-corrected chi connectivity index (χ1v) is 8.86. The Kier molecular flexibility index (Phi) is 4.46. The Bertz CT molecular complexity index is 771. The second-order valence-corrected chi connectivity index (χ2v) is 6.74. The van der Waals surface area contributed by atoms with Crippen molar-refractivity contribution in [1.82, 2.24) is 4.90 Å². The first-order chi connectivity index (χ1) is 11.8. The number of piperazine rings is 1. The van der Waals surface area contributed by atoms with Crippen LogP contribution in [0.25, 0.3) is 11.0 Å². The number of furan rings is 1. The molecule has 0 aliphatic carbocycles. The largest absolute Gasteiger partial charge is 0.461 e. The number of para-hydroxylation sites is 1. The summed E-state index contributed by atoms with van der Waals surface area (Å²) in [6, 6.07) is 18.5. The summed E-state index contributed by atoms with van der Waals surface area (Å²) >= 11 is 5.97. The molecule has 0 unspecified atom stereocenters. The minimum Gasteiger partial charge on any atom is -0.461 e. The van der Waals surface area contributed by atoms with Crippen LogP contribution in [0.3, 0.4) is 0 Å². The Balaban J connectivity index is 1.30. The lowest BCUT2D eigenvalue weighted by Crippen LogP contribution is -2.46. The zero-order valence-corrected chi connectivity index (χ0v) is 14.4. The van der Waals surface area contributed by atoms with Gasteiger partial charge in [-0.2, -0.15) is 0 Å². The fourth-order valence-electron chi connectivity index (χ4n) is 3.31. The summed E-state index contributed by atoms with van der Waals surface area (Å²) in [6.07, 6.45) is 0.968. The van der Waals surface area contributed by atoms with E-state index in [0.29, 0.717) is 0 Å². The molecule has 0 amide bonds. The molecule has 1 saturated heterocycles. The topological polar surface area (TPSA) is 19.6 Å². The van der Waals surface area contributed by atoms with E-state index in [-0.39, 0.29) is 0 Å². The number of fused-ring (bicyclic) bond motifs is 1. The highest BCUT2D eigenvalue weighted by Crippen LogP contribution is 2.21. The van der Waals surface area contributed by atoms with Gasteiger partial charge in [0, 0.05) is 55.2 Å². The van der Waals surface area contributed by atoms with E-state index in [1.54, 1.807) is 0 Å². The number of halogens is 1. The van der Waals surface area contributed by atoms with Gasteiger partial charge in [0.15, 0.2) is 0 Å². The lowest BCUT2D eigenvalue weighted by atomic mass is 10.2. The van der Waals surface area contributed by atoms with Crippen molar-refractivity contribution in [3.05, 3.63) is 65.4 Å². The summed E-state index contributed by atoms with van der Waals surface area (Å²) in [5, 5.41) is 1.99. The van der Waals surface area contributed by atoms with Crippen molar-refractivity contribution < 1.29 is 4.42 Å². The van der Waals surface area contributed by atoms with Crippen molar-refractivity contribution in [2.75, 3.05) is 37.6 Å². The lowest BCUT2D eigenvalue weighted by molar-refractivity contribution is 0.256. The molecule has 2 heterocycles. The van der Waals surface area contributed by atoms with Gasteiger partial charge in [0.25, 0.3) is 0 Å². The molecule has 2 aromatic carbocycles. The van der Waals surface area contributed by atoms with Crippen molar-refractivity contribution >= 4 is 28.3 Å². The third-order valence-electron chi connectivity index (χ3n) is 4.72. The smallest absolute Gasteiger partial charge is 0.134 e. The number of hydrogen-bond acceptors (Lipinski definition) is 3. The molecular weight excluding hydrogens is 320 g/mol. The molecule has 0 saturated carbocycles. The van der Waals surface area contributed by atoms with E-state index in [1.165, 1.54) is 11.1 Å². The quantitative estimate of drug-likeness (QED) is 0.699. The number of anilines is 1. The Labute approximate surface area is 147 Å². The Morgan fingerprint density at radius 2 is 1.67 bits per heavy atom. The third-order valence-corrected chi connectivity index (χ3v) is 4.97. The monoisotopic (exact) mass is 340 g/mol. The van der Waals surface area contributed by atoms with E-state index in [2.05, 4.69) is 40.1 Å². The second kappa shape index (κ2) is 6.88. The van der Waals surface area contributed by atoms with E-state index in [4.69, 9.17) is 16.0 Å². The standard InChI is InChI=1S/C20H21ClN2O/c21-17-5-7-18(8-6-17)23-13-11-22(12-14-23)10-9-19-15-16-3-1-2-4-20(16)24-19/h1-8,15H,9-14H2. The third kappa shape index (κ3) is 3.42. The highest BCUT2D eigenvalue weighted by molar-refractivity contribution is 6.30. The molecule has 0 radical (unpaired) electrons. The van der Waals surface area contributed by atoms with Crippen LogP contribution >= 0.6 is 11.6 Å². The van der Waals surface area contributed by atoms with Crippen LogP contribution in [-0.4, -0.2) is 37.6 Å². The molecule has 1 aliphatic heterocycles. The summed E-state index contributed by atoms with van der Waals surface area (Å²) < 4.78 is 5.91. The molecule has 1 fully saturated rings. The second-order valence-electron chi connectivity index (χ2n) is 6.31. The van der Waals surface area contributed by atoms with Gasteiger partial charge in [0.2, 0.25) is 0 Å². The fraction of sp³-hybridized carbons (Fsp3) is 0.300. The zero-order chi connectivity index (χ0) is 16.4. The predicted molar refractivity (Wildman–Crippen MR) is 100 cm³/mol. The predicted octanol–water partition coefficient (Wildman–Crippen LogP) is 4.45. The highest BCUT2D eigenvalue weighted by atomic mass is 35.5. The maximum Gasteiger partial charge on any atom is 0.134 e. The fourth-order valence-corrected chi connectivity index (χ4v) is 3.44. The van der Waals surface area contributed by atoms with E-state index in [9.17, 15) is 0 Å². The van der Waals surface area contributed by atoms with Crippen LogP contribution in [-0.2, 0) is 6.42 Å². The molecule has 1 aromatic heterocycles. The van der Waals surface area contributed by atoms with Gasteiger partial charge in [-0.3, -0.25) is 4.90 Å². The van der Waals surface area contributed by atoms with Gasteiger partial charge >= 0.3 is 0 Å². The minimum atomic E-state index is 0.795. The number of benzene rings is 2. The summed E-state index contributed by atoms with van der Waals surface area (Å²) in [5.74, 6) is 1.08. The molecule has 24 heavy (non-hydrogen) atoms. The Morgan fingerprint density at radius 1 is 0.917 bits per heavy atom. The van der Waals surface area contributed by atoms with Crippen molar-refractivity contribution in [2.45, 2.75) is 6.42 Å². The Hall–Kier alpha value is -1.97.